The van der Waals surface area contributed by atoms with Gasteiger partial charge in [0.25, 0.3) is 0 Å². The second kappa shape index (κ2) is 3.30. The number of rotatable bonds is 3. The monoisotopic (exact) mass is 130 g/mol. The van der Waals surface area contributed by atoms with Crippen LogP contribution in [0.2, 0.25) is 0 Å². The summed E-state index contributed by atoms with van der Waals surface area (Å²) in [5, 5.41) is 17.4. The molecular weight excluding hydrogens is 120 g/mol. The van der Waals surface area contributed by atoms with Crippen LogP contribution in [0.15, 0.2) is 18.6 Å². The van der Waals surface area contributed by atoms with Crippen molar-refractivity contribution in [2.75, 3.05) is 0 Å². The van der Waals surface area contributed by atoms with Crippen LogP contribution in [-0.2, 0) is 4.74 Å². The van der Waals surface area contributed by atoms with Crippen molar-refractivity contribution in [3.8, 4) is 0 Å². The highest BCUT2D eigenvalue weighted by molar-refractivity contribution is 4.66. The zero-order valence-electron chi connectivity index (χ0n) is 5.29. The third kappa shape index (κ3) is 3.79. The molecule has 0 aromatic rings. The van der Waals surface area contributed by atoms with Gasteiger partial charge in [-0.1, -0.05) is 19.2 Å². The van der Waals surface area contributed by atoms with E-state index >= 15 is 0 Å². The summed E-state index contributed by atoms with van der Waals surface area (Å²) in [6, 6.07) is 0. The van der Waals surface area contributed by atoms with Gasteiger partial charge >= 0.3 is 5.97 Å². The molecule has 0 atom stereocenters. The fraction of sp³-hybridized carbons (Fsp3) is 0.500. The molecule has 9 heavy (non-hydrogen) atoms. The Balaban J connectivity index is 3.71. The Morgan fingerprint density at radius 1 is 1.78 bits per heavy atom. The lowest BCUT2D eigenvalue weighted by molar-refractivity contribution is -0.314. The predicted octanol–water partition coefficient (Wildman–Crippen LogP) is 0.350. The quantitative estimate of drug-likeness (QED) is 0.329. The van der Waals surface area contributed by atoms with Crippen LogP contribution in [0.5, 0.6) is 0 Å². The smallest absolute Gasteiger partial charge is 0.321 e. The molecule has 0 radical (unpaired) electrons. The molecule has 3 heteroatoms. The molecule has 52 valence electrons. The number of aliphatic hydroxyl groups is 2. The van der Waals surface area contributed by atoms with Crippen LogP contribution < -0.4 is 0 Å². The Morgan fingerprint density at radius 3 is 2.67 bits per heavy atom. The molecule has 0 rings (SSSR count). The summed E-state index contributed by atoms with van der Waals surface area (Å²) in [6.07, 6.45) is 1.11. The van der Waals surface area contributed by atoms with Crippen LogP contribution in [-0.4, -0.2) is 16.2 Å². The van der Waals surface area contributed by atoms with Crippen LogP contribution >= 0.6 is 0 Å². The van der Waals surface area contributed by atoms with Gasteiger partial charge in [-0.25, -0.2) is 0 Å². The Kier molecular flexibility index (Phi) is 3.02. The molecule has 0 saturated carbocycles. The highest BCUT2D eigenvalue weighted by Gasteiger charge is 2.19. The summed E-state index contributed by atoms with van der Waals surface area (Å²) in [4.78, 5) is 0. The third-order valence-electron chi connectivity index (χ3n) is 0.792. The molecule has 0 amide bonds. The van der Waals surface area contributed by atoms with E-state index in [-0.39, 0.29) is 6.42 Å². The lowest BCUT2D eigenvalue weighted by Crippen LogP contribution is -2.28. The second-order valence-corrected chi connectivity index (χ2v) is 1.54. The van der Waals surface area contributed by atoms with Gasteiger partial charge in [0, 0.05) is 6.42 Å². The SMILES string of the molecule is C=C=COC(O)(O)CC. The van der Waals surface area contributed by atoms with Gasteiger partial charge in [-0.15, -0.1) is 0 Å². The summed E-state index contributed by atoms with van der Waals surface area (Å²) in [5.41, 5.74) is 2.24. The van der Waals surface area contributed by atoms with Crippen molar-refractivity contribution in [1.29, 1.82) is 0 Å². The molecule has 3 nitrogen and oxygen atoms in total. The van der Waals surface area contributed by atoms with E-state index in [9.17, 15) is 0 Å². The van der Waals surface area contributed by atoms with Gasteiger partial charge in [0.2, 0.25) is 0 Å². The lowest BCUT2D eigenvalue weighted by Gasteiger charge is -2.16. The van der Waals surface area contributed by atoms with E-state index in [0.717, 1.165) is 6.26 Å². The van der Waals surface area contributed by atoms with E-state index in [1.54, 1.807) is 6.92 Å². The van der Waals surface area contributed by atoms with Gasteiger partial charge in [-0.2, -0.15) is 0 Å². The van der Waals surface area contributed by atoms with Crippen LogP contribution in [0.3, 0.4) is 0 Å². The molecule has 2 N–H and O–H groups in total. The van der Waals surface area contributed by atoms with Gasteiger partial charge in [0.05, 0.1) is 0 Å². The van der Waals surface area contributed by atoms with Crippen molar-refractivity contribution in [2.45, 2.75) is 19.3 Å². The summed E-state index contributed by atoms with van der Waals surface area (Å²) < 4.78 is 4.34. The summed E-state index contributed by atoms with van der Waals surface area (Å²) >= 11 is 0. The zero-order valence-corrected chi connectivity index (χ0v) is 5.29. The minimum absolute atomic E-state index is 0.102. The van der Waals surface area contributed by atoms with Crippen LogP contribution in [0.25, 0.3) is 0 Å². The van der Waals surface area contributed by atoms with Crippen molar-refractivity contribution in [3.63, 3.8) is 0 Å². The molecule has 0 aliphatic rings. The maximum atomic E-state index is 8.69. The fourth-order valence-electron chi connectivity index (χ4n) is 0.219. The van der Waals surface area contributed by atoms with Gasteiger partial charge in [-0.3, -0.25) is 0 Å². The van der Waals surface area contributed by atoms with E-state index < -0.39 is 5.97 Å². The van der Waals surface area contributed by atoms with Gasteiger partial charge in [-0.05, 0) is 0 Å². The molecule has 0 unspecified atom stereocenters. The molecule has 0 aromatic carbocycles. The normalized spacial score (nSPS) is 10.1. The average molecular weight is 130 g/mol. The largest absolute Gasteiger partial charge is 0.439 e. The second-order valence-electron chi connectivity index (χ2n) is 1.54. The first-order valence-electron chi connectivity index (χ1n) is 2.59. The minimum atomic E-state index is -2.06. The summed E-state index contributed by atoms with van der Waals surface area (Å²) in [7, 11) is 0. The van der Waals surface area contributed by atoms with Crippen molar-refractivity contribution in [3.05, 3.63) is 18.6 Å². The molecule has 0 aliphatic heterocycles. The highest BCUT2D eigenvalue weighted by atomic mass is 16.8. The van der Waals surface area contributed by atoms with Gasteiger partial charge in [0.15, 0.2) is 0 Å². The van der Waals surface area contributed by atoms with Gasteiger partial charge < -0.3 is 14.9 Å². The summed E-state index contributed by atoms with van der Waals surface area (Å²) in [5.74, 6) is -2.06. The van der Waals surface area contributed by atoms with E-state index in [1.807, 2.05) is 0 Å². The first-order chi connectivity index (χ1) is 4.12. The number of hydrogen-bond acceptors (Lipinski definition) is 3. The minimum Gasteiger partial charge on any atom is -0.439 e. The summed E-state index contributed by atoms with van der Waals surface area (Å²) in [6.45, 7) is 4.75. The van der Waals surface area contributed by atoms with Crippen molar-refractivity contribution >= 4 is 0 Å². The Hall–Kier alpha value is -0.760. The topological polar surface area (TPSA) is 49.7 Å². The van der Waals surface area contributed by atoms with Crippen LogP contribution in [0.4, 0.5) is 0 Å². The Labute approximate surface area is 53.9 Å². The molecule has 0 fully saturated rings. The van der Waals surface area contributed by atoms with Crippen LogP contribution in [0, 0.1) is 0 Å². The van der Waals surface area contributed by atoms with E-state index in [2.05, 4.69) is 17.0 Å². The third-order valence-corrected chi connectivity index (χ3v) is 0.792. The molecule has 0 heterocycles. The predicted molar refractivity (Wildman–Crippen MR) is 32.3 cm³/mol. The standard InChI is InChI=1S/C6H10O3/c1-3-5-9-6(7,8)4-2/h5,7-8H,1,4H2,2H3. The van der Waals surface area contributed by atoms with Crippen molar-refractivity contribution < 1.29 is 14.9 Å². The van der Waals surface area contributed by atoms with Crippen LogP contribution in [0.1, 0.15) is 13.3 Å². The average Bonchev–Trinajstić information content (AvgIpc) is 1.84. The lowest BCUT2D eigenvalue weighted by atomic mass is 10.4. The maximum Gasteiger partial charge on any atom is 0.321 e. The molecule has 0 aliphatic carbocycles. The van der Waals surface area contributed by atoms with E-state index in [1.165, 1.54) is 0 Å². The Morgan fingerprint density at radius 2 is 2.33 bits per heavy atom. The maximum absolute atomic E-state index is 8.69. The highest BCUT2D eigenvalue weighted by Crippen LogP contribution is 2.05. The first-order valence-corrected chi connectivity index (χ1v) is 2.59. The van der Waals surface area contributed by atoms with Crippen molar-refractivity contribution in [2.24, 2.45) is 0 Å². The van der Waals surface area contributed by atoms with Gasteiger partial charge in [0.1, 0.15) is 6.26 Å². The number of hydrogen-bond donors (Lipinski definition) is 2. The number of ether oxygens (including phenoxy) is 1. The molecule has 0 saturated heterocycles. The molecule has 0 aromatic heterocycles. The Bertz CT molecular complexity index is 122. The fourth-order valence-corrected chi connectivity index (χ4v) is 0.219. The zero-order chi connectivity index (χ0) is 7.33. The van der Waals surface area contributed by atoms with E-state index in [0.29, 0.717) is 0 Å². The first kappa shape index (κ1) is 8.24. The molecule has 0 spiro atoms. The molecular formula is C6H10O3. The molecule has 0 bridgehead atoms. The van der Waals surface area contributed by atoms with E-state index in [4.69, 9.17) is 10.2 Å². The van der Waals surface area contributed by atoms with Crippen molar-refractivity contribution in [1.82, 2.24) is 0 Å².